The summed E-state index contributed by atoms with van der Waals surface area (Å²) in [5, 5.41) is 21.1. The van der Waals surface area contributed by atoms with Crippen LogP contribution in [0.15, 0.2) is 0 Å². The normalized spacial score (nSPS) is 10.6. The summed E-state index contributed by atoms with van der Waals surface area (Å²) in [6.45, 7) is 3.76. The van der Waals surface area contributed by atoms with Crippen molar-refractivity contribution in [2.24, 2.45) is 0 Å². The van der Waals surface area contributed by atoms with E-state index in [-0.39, 0.29) is 18.3 Å². The Hall–Kier alpha value is -1.46. The van der Waals surface area contributed by atoms with Crippen molar-refractivity contribution in [3.8, 4) is 0 Å². The zero-order valence-corrected chi connectivity index (χ0v) is 6.89. The van der Waals surface area contributed by atoms with E-state index in [0.29, 0.717) is 0 Å². The first kappa shape index (κ1) is 8.63. The van der Waals surface area contributed by atoms with Crippen LogP contribution in [0.4, 0.5) is 0 Å². The summed E-state index contributed by atoms with van der Waals surface area (Å²) in [5.74, 6) is -1.01. The highest BCUT2D eigenvalue weighted by atomic mass is 16.4. The van der Waals surface area contributed by atoms with Gasteiger partial charge in [0, 0.05) is 5.97 Å². The molecule has 6 nitrogen and oxygen atoms in total. The Morgan fingerprint density at radius 3 is 2.75 bits per heavy atom. The molecule has 0 unspecified atom stereocenters. The van der Waals surface area contributed by atoms with Crippen LogP contribution in [0.5, 0.6) is 0 Å². The third-order valence-electron chi connectivity index (χ3n) is 1.23. The lowest BCUT2D eigenvalue weighted by Gasteiger charge is -1.99. The maximum Gasteiger partial charge on any atom is 0.180 e. The minimum absolute atomic E-state index is 0.0907. The molecule has 0 saturated carbocycles. The zero-order chi connectivity index (χ0) is 9.14. The molecule has 0 aromatic carbocycles. The average Bonchev–Trinajstić information content (AvgIpc) is 2.34. The van der Waals surface area contributed by atoms with Crippen LogP contribution in [-0.4, -0.2) is 26.2 Å². The van der Waals surface area contributed by atoms with E-state index < -0.39 is 5.97 Å². The van der Waals surface area contributed by atoms with E-state index in [9.17, 15) is 9.90 Å². The second-order valence-corrected chi connectivity index (χ2v) is 2.67. The van der Waals surface area contributed by atoms with Crippen LogP contribution >= 0.6 is 0 Å². The zero-order valence-electron chi connectivity index (χ0n) is 6.89. The first-order valence-corrected chi connectivity index (χ1v) is 3.58. The molecule has 0 saturated heterocycles. The van der Waals surface area contributed by atoms with Crippen LogP contribution in [0, 0.1) is 0 Å². The van der Waals surface area contributed by atoms with Gasteiger partial charge in [-0.25, -0.2) is 0 Å². The fourth-order valence-electron chi connectivity index (χ4n) is 0.674. The van der Waals surface area contributed by atoms with Crippen molar-refractivity contribution in [1.82, 2.24) is 20.2 Å². The smallest absolute Gasteiger partial charge is 0.180 e. The number of hydrogen-bond donors (Lipinski definition) is 0. The third kappa shape index (κ3) is 2.01. The Balaban J connectivity index is 2.70. The number of rotatable bonds is 3. The molecule has 0 aliphatic rings. The molecule has 0 N–H and O–H groups in total. The Labute approximate surface area is 69.2 Å². The Kier molecular flexibility index (Phi) is 2.37. The number of aliphatic carboxylic acids is 1. The molecule has 0 aliphatic carbocycles. The number of carboxylic acid groups (broad SMARTS) is 1. The van der Waals surface area contributed by atoms with Crippen molar-refractivity contribution in [1.29, 1.82) is 0 Å². The summed E-state index contributed by atoms with van der Waals surface area (Å²) in [4.78, 5) is 11.5. The van der Waals surface area contributed by atoms with E-state index in [2.05, 4.69) is 15.4 Å². The molecule has 0 radical (unpaired) electrons. The number of nitrogens with zero attached hydrogens (tertiary/aromatic N) is 4. The van der Waals surface area contributed by atoms with Gasteiger partial charge in [-0.15, -0.1) is 10.2 Å². The third-order valence-corrected chi connectivity index (χ3v) is 1.23. The van der Waals surface area contributed by atoms with Crippen molar-refractivity contribution in [3.63, 3.8) is 0 Å². The molecular weight excluding hydrogens is 160 g/mol. The van der Waals surface area contributed by atoms with Gasteiger partial charge in [0.1, 0.15) is 0 Å². The number of hydrogen-bond acceptors (Lipinski definition) is 5. The molecule has 0 fully saturated rings. The molecule has 66 valence electrons. The summed E-state index contributed by atoms with van der Waals surface area (Å²) >= 11 is 0. The quantitative estimate of drug-likeness (QED) is 0.552. The van der Waals surface area contributed by atoms with E-state index in [1.807, 2.05) is 13.8 Å². The first-order chi connectivity index (χ1) is 5.59. The fourth-order valence-corrected chi connectivity index (χ4v) is 0.674. The van der Waals surface area contributed by atoms with Gasteiger partial charge in [0.15, 0.2) is 5.82 Å². The number of tetrazole rings is 1. The van der Waals surface area contributed by atoms with Crippen LogP contribution in [0.3, 0.4) is 0 Å². The van der Waals surface area contributed by atoms with E-state index in [0.717, 1.165) is 0 Å². The molecule has 1 aromatic rings. The lowest BCUT2D eigenvalue weighted by Crippen LogP contribution is -2.25. The molecule has 0 bridgehead atoms. The largest absolute Gasteiger partial charge is 0.550 e. The molecule has 12 heavy (non-hydrogen) atoms. The fraction of sp³-hybridized carbons (Fsp3) is 0.667. The van der Waals surface area contributed by atoms with Crippen LogP contribution in [-0.2, 0) is 11.2 Å². The van der Waals surface area contributed by atoms with Crippen molar-refractivity contribution in [2.45, 2.75) is 26.3 Å². The van der Waals surface area contributed by atoms with Crippen LogP contribution in [0.25, 0.3) is 0 Å². The number of aromatic nitrogens is 4. The predicted octanol–water partition coefficient (Wildman–Crippen LogP) is -1.45. The summed E-state index contributed by atoms with van der Waals surface area (Å²) < 4.78 is 0. The molecule has 0 spiro atoms. The number of carbonyl (C=O) groups excluding carboxylic acids is 1. The van der Waals surface area contributed by atoms with Crippen molar-refractivity contribution in [2.75, 3.05) is 0 Å². The molecule has 0 aliphatic heterocycles. The highest BCUT2D eigenvalue weighted by molar-refractivity contribution is 5.66. The molecule has 0 amide bonds. The number of carbonyl (C=O) groups is 1. The van der Waals surface area contributed by atoms with Gasteiger partial charge in [-0.05, 0) is 19.1 Å². The van der Waals surface area contributed by atoms with Crippen LogP contribution in [0.2, 0.25) is 0 Å². The molecule has 1 heterocycles. The van der Waals surface area contributed by atoms with Crippen LogP contribution in [0.1, 0.15) is 25.7 Å². The van der Waals surface area contributed by atoms with E-state index in [1.54, 1.807) is 0 Å². The lowest BCUT2D eigenvalue weighted by atomic mass is 10.4. The Morgan fingerprint density at radius 2 is 2.33 bits per heavy atom. The minimum atomic E-state index is -1.20. The minimum Gasteiger partial charge on any atom is -0.550 e. The van der Waals surface area contributed by atoms with E-state index in [4.69, 9.17) is 0 Å². The predicted molar refractivity (Wildman–Crippen MR) is 36.9 cm³/mol. The average molecular weight is 169 g/mol. The highest BCUT2D eigenvalue weighted by Gasteiger charge is 2.04. The first-order valence-electron chi connectivity index (χ1n) is 3.58. The van der Waals surface area contributed by atoms with Gasteiger partial charge >= 0.3 is 0 Å². The summed E-state index contributed by atoms with van der Waals surface area (Å²) in [6, 6.07) is 0.0907. The van der Waals surface area contributed by atoms with Crippen molar-refractivity contribution < 1.29 is 9.90 Å². The van der Waals surface area contributed by atoms with Gasteiger partial charge in [-0.1, -0.05) is 0 Å². The molecule has 6 heteroatoms. The molecule has 0 atom stereocenters. The summed E-state index contributed by atoms with van der Waals surface area (Å²) in [5.41, 5.74) is 0. The highest BCUT2D eigenvalue weighted by Crippen LogP contribution is 1.97. The lowest BCUT2D eigenvalue weighted by molar-refractivity contribution is -0.304. The summed E-state index contributed by atoms with van der Waals surface area (Å²) in [6.07, 6.45) is -0.285. The number of carboxylic acids is 1. The van der Waals surface area contributed by atoms with E-state index >= 15 is 0 Å². The van der Waals surface area contributed by atoms with Gasteiger partial charge < -0.3 is 9.90 Å². The summed E-state index contributed by atoms with van der Waals surface area (Å²) in [7, 11) is 0. The standard InChI is InChI=1S/C6H10N4O2/c1-4(2)10-8-5(7-9-10)3-6(11)12/h4H,3H2,1-2H3,(H,11,12)/p-1. The van der Waals surface area contributed by atoms with Gasteiger partial charge in [0.05, 0.1) is 12.5 Å². The monoisotopic (exact) mass is 169 g/mol. The SMILES string of the molecule is CC(C)n1nnc(CC(=O)[O-])n1. The Morgan fingerprint density at radius 1 is 1.67 bits per heavy atom. The Bertz CT molecular complexity index is 281. The maximum absolute atomic E-state index is 10.1. The van der Waals surface area contributed by atoms with Crippen molar-refractivity contribution >= 4 is 5.97 Å². The molecular formula is C6H9N4O2-. The maximum atomic E-state index is 10.1. The van der Waals surface area contributed by atoms with Crippen molar-refractivity contribution in [3.05, 3.63) is 5.82 Å². The molecule has 1 aromatic heterocycles. The molecule has 1 rings (SSSR count). The second-order valence-electron chi connectivity index (χ2n) is 2.67. The van der Waals surface area contributed by atoms with Gasteiger partial charge in [-0.2, -0.15) is 4.80 Å². The van der Waals surface area contributed by atoms with E-state index in [1.165, 1.54) is 4.80 Å². The van der Waals surface area contributed by atoms with Gasteiger partial charge in [0.25, 0.3) is 0 Å². The van der Waals surface area contributed by atoms with Gasteiger partial charge in [0.2, 0.25) is 0 Å². The van der Waals surface area contributed by atoms with Gasteiger partial charge in [-0.3, -0.25) is 0 Å². The van der Waals surface area contributed by atoms with Crippen LogP contribution < -0.4 is 5.11 Å². The second kappa shape index (κ2) is 3.29. The topological polar surface area (TPSA) is 83.7 Å².